The lowest BCUT2D eigenvalue weighted by atomic mass is 10.1. The molecule has 0 atom stereocenters. The summed E-state index contributed by atoms with van der Waals surface area (Å²) in [6.07, 6.45) is 2.07. The monoisotopic (exact) mass is 248 g/mol. The molecule has 4 nitrogen and oxygen atoms in total. The SMILES string of the molecule is CC(C)CCCNC(=O)c1ccc(C(N)=O)cc1. The third-order valence-electron chi connectivity index (χ3n) is 2.68. The Hall–Kier alpha value is -1.84. The first kappa shape index (κ1) is 14.2. The zero-order valence-corrected chi connectivity index (χ0v) is 10.9. The van der Waals surface area contributed by atoms with Gasteiger partial charge in [0.1, 0.15) is 0 Å². The van der Waals surface area contributed by atoms with Crippen LogP contribution in [0.1, 0.15) is 47.4 Å². The Morgan fingerprint density at radius 2 is 1.72 bits per heavy atom. The summed E-state index contributed by atoms with van der Waals surface area (Å²) in [5, 5.41) is 2.85. The van der Waals surface area contributed by atoms with Gasteiger partial charge in [-0.1, -0.05) is 13.8 Å². The van der Waals surface area contributed by atoms with Gasteiger partial charge in [0, 0.05) is 17.7 Å². The van der Waals surface area contributed by atoms with E-state index in [1.807, 2.05) is 0 Å². The molecule has 0 saturated carbocycles. The Morgan fingerprint density at radius 3 is 2.22 bits per heavy atom. The summed E-state index contributed by atoms with van der Waals surface area (Å²) >= 11 is 0. The van der Waals surface area contributed by atoms with Gasteiger partial charge in [-0.3, -0.25) is 9.59 Å². The van der Waals surface area contributed by atoms with Crippen LogP contribution < -0.4 is 11.1 Å². The Kier molecular flexibility index (Phi) is 5.36. The molecule has 98 valence electrons. The number of carbonyl (C=O) groups excluding carboxylic acids is 2. The molecular formula is C14H20N2O2. The standard InChI is InChI=1S/C14H20N2O2/c1-10(2)4-3-9-16-14(18)12-7-5-11(6-8-12)13(15)17/h5-8,10H,3-4,9H2,1-2H3,(H2,15,17)(H,16,18). The first-order valence-electron chi connectivity index (χ1n) is 6.18. The van der Waals surface area contributed by atoms with Gasteiger partial charge in [0.2, 0.25) is 5.91 Å². The van der Waals surface area contributed by atoms with E-state index in [1.54, 1.807) is 24.3 Å². The minimum absolute atomic E-state index is 0.116. The summed E-state index contributed by atoms with van der Waals surface area (Å²) in [7, 11) is 0. The molecule has 18 heavy (non-hydrogen) atoms. The molecule has 0 heterocycles. The van der Waals surface area contributed by atoms with E-state index in [2.05, 4.69) is 19.2 Å². The number of primary amides is 1. The van der Waals surface area contributed by atoms with Crippen LogP contribution in [-0.2, 0) is 0 Å². The molecule has 0 fully saturated rings. The van der Waals surface area contributed by atoms with E-state index < -0.39 is 5.91 Å². The predicted molar refractivity (Wildman–Crippen MR) is 71.4 cm³/mol. The molecule has 3 N–H and O–H groups in total. The minimum Gasteiger partial charge on any atom is -0.366 e. The second kappa shape index (κ2) is 6.79. The number of amides is 2. The number of nitrogens with one attached hydrogen (secondary N) is 1. The van der Waals surface area contributed by atoms with E-state index in [0.29, 0.717) is 23.6 Å². The molecule has 0 unspecified atom stereocenters. The maximum absolute atomic E-state index is 11.7. The molecule has 0 aliphatic rings. The normalized spacial score (nSPS) is 10.4. The van der Waals surface area contributed by atoms with Crippen LogP contribution in [0, 0.1) is 5.92 Å². The van der Waals surface area contributed by atoms with Crippen LogP contribution in [0.25, 0.3) is 0 Å². The van der Waals surface area contributed by atoms with Gasteiger partial charge in [-0.25, -0.2) is 0 Å². The molecule has 0 aromatic heterocycles. The summed E-state index contributed by atoms with van der Waals surface area (Å²) in [4.78, 5) is 22.6. The van der Waals surface area contributed by atoms with Crippen molar-refractivity contribution in [2.45, 2.75) is 26.7 Å². The summed E-state index contributed by atoms with van der Waals surface area (Å²) in [5.41, 5.74) is 6.08. The first-order chi connectivity index (χ1) is 8.50. The Bertz CT molecular complexity index is 410. The summed E-state index contributed by atoms with van der Waals surface area (Å²) in [5.74, 6) is 0.0467. The molecule has 1 aromatic carbocycles. The van der Waals surface area contributed by atoms with Gasteiger partial charge in [0.25, 0.3) is 5.91 Å². The molecular weight excluding hydrogens is 228 g/mol. The van der Waals surface area contributed by atoms with Crippen LogP contribution in [-0.4, -0.2) is 18.4 Å². The second-order valence-corrected chi connectivity index (χ2v) is 4.73. The minimum atomic E-state index is -0.487. The molecule has 4 heteroatoms. The van der Waals surface area contributed by atoms with E-state index >= 15 is 0 Å². The Balaban J connectivity index is 2.44. The molecule has 0 radical (unpaired) electrons. The highest BCUT2D eigenvalue weighted by Crippen LogP contribution is 2.05. The molecule has 1 rings (SSSR count). The zero-order chi connectivity index (χ0) is 13.5. The highest BCUT2D eigenvalue weighted by molar-refractivity contribution is 5.97. The molecule has 1 aromatic rings. The van der Waals surface area contributed by atoms with Crippen molar-refractivity contribution in [1.82, 2.24) is 5.32 Å². The van der Waals surface area contributed by atoms with E-state index in [-0.39, 0.29) is 5.91 Å². The quantitative estimate of drug-likeness (QED) is 0.755. The van der Waals surface area contributed by atoms with Gasteiger partial charge < -0.3 is 11.1 Å². The third kappa shape index (κ3) is 4.57. The molecule has 0 spiro atoms. The van der Waals surface area contributed by atoms with Crippen LogP contribution in [0.3, 0.4) is 0 Å². The van der Waals surface area contributed by atoms with E-state index in [4.69, 9.17) is 5.73 Å². The lowest BCUT2D eigenvalue weighted by Crippen LogP contribution is -2.24. The van der Waals surface area contributed by atoms with Crippen molar-refractivity contribution in [3.05, 3.63) is 35.4 Å². The van der Waals surface area contributed by atoms with Gasteiger partial charge in [-0.2, -0.15) is 0 Å². The van der Waals surface area contributed by atoms with Crippen molar-refractivity contribution in [2.75, 3.05) is 6.54 Å². The fourth-order valence-corrected chi connectivity index (χ4v) is 1.60. The van der Waals surface area contributed by atoms with Crippen molar-refractivity contribution in [3.8, 4) is 0 Å². The van der Waals surface area contributed by atoms with Gasteiger partial charge >= 0.3 is 0 Å². The van der Waals surface area contributed by atoms with E-state index in [9.17, 15) is 9.59 Å². The van der Waals surface area contributed by atoms with Crippen LogP contribution >= 0.6 is 0 Å². The first-order valence-corrected chi connectivity index (χ1v) is 6.18. The van der Waals surface area contributed by atoms with Crippen molar-refractivity contribution < 1.29 is 9.59 Å². The Morgan fingerprint density at radius 1 is 1.17 bits per heavy atom. The average Bonchev–Trinajstić information content (AvgIpc) is 2.34. The van der Waals surface area contributed by atoms with Crippen LogP contribution in [0.5, 0.6) is 0 Å². The van der Waals surface area contributed by atoms with Gasteiger partial charge in [-0.05, 0) is 43.0 Å². The zero-order valence-electron chi connectivity index (χ0n) is 10.9. The van der Waals surface area contributed by atoms with Crippen molar-refractivity contribution in [2.24, 2.45) is 11.7 Å². The van der Waals surface area contributed by atoms with Gasteiger partial charge in [0.05, 0.1) is 0 Å². The highest BCUT2D eigenvalue weighted by atomic mass is 16.2. The largest absolute Gasteiger partial charge is 0.366 e. The smallest absolute Gasteiger partial charge is 0.251 e. The van der Waals surface area contributed by atoms with E-state index in [1.165, 1.54) is 0 Å². The average molecular weight is 248 g/mol. The summed E-state index contributed by atoms with van der Waals surface area (Å²) < 4.78 is 0. The lowest BCUT2D eigenvalue weighted by molar-refractivity contribution is 0.0949. The fraction of sp³-hybridized carbons (Fsp3) is 0.429. The number of hydrogen-bond acceptors (Lipinski definition) is 2. The van der Waals surface area contributed by atoms with Gasteiger partial charge in [0.15, 0.2) is 0 Å². The van der Waals surface area contributed by atoms with Gasteiger partial charge in [-0.15, -0.1) is 0 Å². The van der Waals surface area contributed by atoms with Crippen molar-refractivity contribution >= 4 is 11.8 Å². The maximum Gasteiger partial charge on any atom is 0.251 e. The molecule has 0 aliphatic heterocycles. The molecule has 0 bridgehead atoms. The maximum atomic E-state index is 11.7. The molecule has 0 saturated heterocycles. The fourth-order valence-electron chi connectivity index (χ4n) is 1.60. The summed E-state index contributed by atoms with van der Waals surface area (Å²) in [6.45, 7) is 4.99. The molecule has 2 amide bonds. The second-order valence-electron chi connectivity index (χ2n) is 4.73. The van der Waals surface area contributed by atoms with Crippen molar-refractivity contribution in [3.63, 3.8) is 0 Å². The Labute approximate surface area is 108 Å². The molecule has 0 aliphatic carbocycles. The van der Waals surface area contributed by atoms with Crippen LogP contribution in [0.4, 0.5) is 0 Å². The van der Waals surface area contributed by atoms with Crippen LogP contribution in [0.2, 0.25) is 0 Å². The lowest BCUT2D eigenvalue weighted by Gasteiger charge is -2.07. The number of benzene rings is 1. The van der Waals surface area contributed by atoms with Crippen molar-refractivity contribution in [1.29, 1.82) is 0 Å². The summed E-state index contributed by atoms with van der Waals surface area (Å²) in [6, 6.07) is 6.34. The number of hydrogen-bond donors (Lipinski definition) is 2. The predicted octanol–water partition coefficient (Wildman–Crippen LogP) is 1.95. The van der Waals surface area contributed by atoms with E-state index in [0.717, 1.165) is 12.8 Å². The van der Waals surface area contributed by atoms with Crippen LogP contribution in [0.15, 0.2) is 24.3 Å². The third-order valence-corrected chi connectivity index (χ3v) is 2.68. The number of nitrogens with two attached hydrogens (primary N) is 1. The number of rotatable bonds is 6. The highest BCUT2D eigenvalue weighted by Gasteiger charge is 2.06. The number of carbonyl (C=O) groups is 2. The topological polar surface area (TPSA) is 72.2 Å².